The van der Waals surface area contributed by atoms with Crippen molar-refractivity contribution in [3.63, 3.8) is 0 Å². The Hall–Kier alpha value is -1.42. The fourth-order valence-corrected chi connectivity index (χ4v) is 1.51. The zero-order valence-electron chi connectivity index (χ0n) is 10.1. The second-order valence-corrected chi connectivity index (χ2v) is 3.49. The Morgan fingerprint density at radius 2 is 2.00 bits per heavy atom. The molecule has 1 aromatic carbocycles. The monoisotopic (exact) mass is 240 g/mol. The summed E-state index contributed by atoms with van der Waals surface area (Å²) in [5, 5.41) is 0. The van der Waals surface area contributed by atoms with Crippen LogP contribution in [0.1, 0.15) is 19.4 Å². The van der Waals surface area contributed by atoms with E-state index < -0.39 is 12.1 Å². The third-order valence-electron chi connectivity index (χ3n) is 2.28. The third-order valence-corrected chi connectivity index (χ3v) is 2.28. The van der Waals surface area contributed by atoms with Gasteiger partial charge in [0.2, 0.25) is 0 Å². The van der Waals surface area contributed by atoms with E-state index in [1.165, 1.54) is 6.07 Å². The molecule has 0 aliphatic rings. The maximum absolute atomic E-state index is 13.4. The smallest absolute Gasteiger partial charge is 0.335 e. The highest BCUT2D eigenvalue weighted by atomic mass is 19.1. The van der Waals surface area contributed by atoms with Crippen LogP contribution in [0.3, 0.4) is 0 Å². The van der Waals surface area contributed by atoms with Crippen molar-refractivity contribution in [2.45, 2.75) is 26.4 Å². The summed E-state index contributed by atoms with van der Waals surface area (Å²) in [7, 11) is 0. The average molecular weight is 240 g/mol. The summed E-state index contributed by atoms with van der Waals surface area (Å²) >= 11 is 0. The number of carbonyl (C=O) groups excluding carboxylic acids is 1. The van der Waals surface area contributed by atoms with Gasteiger partial charge in [-0.15, -0.1) is 0 Å². The van der Waals surface area contributed by atoms with Crippen molar-refractivity contribution in [2.75, 3.05) is 13.2 Å². The summed E-state index contributed by atoms with van der Waals surface area (Å²) < 4.78 is 23.6. The van der Waals surface area contributed by atoms with Crippen molar-refractivity contribution in [1.29, 1.82) is 0 Å². The van der Waals surface area contributed by atoms with Crippen LogP contribution in [0.4, 0.5) is 4.39 Å². The molecule has 0 heterocycles. The van der Waals surface area contributed by atoms with Crippen LogP contribution in [0.2, 0.25) is 0 Å². The van der Waals surface area contributed by atoms with Crippen LogP contribution >= 0.6 is 0 Å². The fraction of sp³-hybridized carbons (Fsp3) is 0.462. The van der Waals surface area contributed by atoms with Gasteiger partial charge in [-0.1, -0.05) is 18.2 Å². The average Bonchev–Trinajstić information content (AvgIpc) is 2.31. The normalized spacial score (nSPS) is 12.2. The first-order chi connectivity index (χ1) is 8.19. The highest BCUT2D eigenvalue weighted by molar-refractivity contribution is 5.75. The molecule has 0 aliphatic heterocycles. The van der Waals surface area contributed by atoms with Gasteiger partial charge in [0.25, 0.3) is 0 Å². The number of ether oxygens (including phenoxy) is 2. The van der Waals surface area contributed by atoms with E-state index in [9.17, 15) is 9.18 Å². The van der Waals surface area contributed by atoms with Crippen molar-refractivity contribution >= 4 is 5.97 Å². The van der Waals surface area contributed by atoms with E-state index in [1.807, 2.05) is 0 Å². The standard InChI is InChI=1S/C13H17FO3/c1-3-16-12(13(15)17-4-2)9-10-7-5-6-8-11(10)14/h5-8,12H,3-4,9H2,1-2H3. The number of halogens is 1. The Labute approximate surface area is 101 Å². The molecular formula is C13H17FO3. The number of hydrogen-bond acceptors (Lipinski definition) is 3. The topological polar surface area (TPSA) is 35.5 Å². The van der Waals surface area contributed by atoms with Gasteiger partial charge >= 0.3 is 5.97 Å². The molecular weight excluding hydrogens is 223 g/mol. The Kier molecular flexibility index (Phi) is 5.63. The van der Waals surface area contributed by atoms with Gasteiger partial charge in [0.05, 0.1) is 6.61 Å². The van der Waals surface area contributed by atoms with Gasteiger partial charge in [0.1, 0.15) is 5.82 Å². The molecule has 0 N–H and O–H groups in total. The minimum absolute atomic E-state index is 0.194. The van der Waals surface area contributed by atoms with Crippen LogP contribution in [0.25, 0.3) is 0 Å². The van der Waals surface area contributed by atoms with E-state index in [2.05, 4.69) is 0 Å². The molecule has 3 nitrogen and oxygen atoms in total. The lowest BCUT2D eigenvalue weighted by Gasteiger charge is -2.15. The molecule has 0 spiro atoms. The SMILES string of the molecule is CCOC(=O)C(Cc1ccccc1F)OCC. The number of rotatable bonds is 6. The predicted molar refractivity (Wildman–Crippen MR) is 62.2 cm³/mol. The van der Waals surface area contributed by atoms with E-state index in [0.717, 1.165) is 0 Å². The van der Waals surface area contributed by atoms with Crippen LogP contribution < -0.4 is 0 Å². The van der Waals surface area contributed by atoms with E-state index in [1.54, 1.807) is 32.0 Å². The van der Waals surface area contributed by atoms with Crippen LogP contribution in [0, 0.1) is 5.82 Å². The molecule has 0 amide bonds. The molecule has 0 saturated heterocycles. The quantitative estimate of drug-likeness (QED) is 0.716. The van der Waals surface area contributed by atoms with Crippen molar-refractivity contribution in [3.8, 4) is 0 Å². The second kappa shape index (κ2) is 7.01. The van der Waals surface area contributed by atoms with Crippen molar-refractivity contribution in [3.05, 3.63) is 35.6 Å². The molecule has 0 fully saturated rings. The van der Waals surface area contributed by atoms with Crippen molar-refractivity contribution in [2.24, 2.45) is 0 Å². The zero-order valence-corrected chi connectivity index (χ0v) is 10.1. The Bertz CT molecular complexity index is 365. The summed E-state index contributed by atoms with van der Waals surface area (Å²) in [6.07, 6.45) is -0.545. The first-order valence-corrected chi connectivity index (χ1v) is 5.70. The summed E-state index contributed by atoms with van der Waals surface area (Å²) in [6.45, 7) is 4.19. The largest absolute Gasteiger partial charge is 0.464 e. The van der Waals surface area contributed by atoms with Crippen LogP contribution in [-0.2, 0) is 20.7 Å². The molecule has 1 unspecified atom stereocenters. The first kappa shape index (κ1) is 13.6. The van der Waals surface area contributed by atoms with Gasteiger partial charge in [-0.25, -0.2) is 9.18 Å². The molecule has 0 radical (unpaired) electrons. The van der Waals surface area contributed by atoms with E-state index in [4.69, 9.17) is 9.47 Å². The number of esters is 1. The molecule has 0 saturated carbocycles. The van der Waals surface area contributed by atoms with Crippen LogP contribution in [-0.4, -0.2) is 25.3 Å². The number of hydrogen-bond donors (Lipinski definition) is 0. The molecule has 94 valence electrons. The number of carbonyl (C=O) groups is 1. The lowest BCUT2D eigenvalue weighted by molar-refractivity contribution is -0.156. The molecule has 0 bridgehead atoms. The molecule has 1 rings (SSSR count). The first-order valence-electron chi connectivity index (χ1n) is 5.70. The molecule has 1 aromatic rings. The summed E-state index contributed by atoms with van der Waals surface area (Å²) in [5.41, 5.74) is 0.457. The van der Waals surface area contributed by atoms with Gasteiger partial charge in [-0.2, -0.15) is 0 Å². The van der Waals surface area contributed by atoms with Gasteiger partial charge in [0.15, 0.2) is 6.10 Å². The minimum Gasteiger partial charge on any atom is -0.464 e. The van der Waals surface area contributed by atoms with E-state index >= 15 is 0 Å². The van der Waals surface area contributed by atoms with Gasteiger partial charge in [-0.3, -0.25) is 0 Å². The highest BCUT2D eigenvalue weighted by Crippen LogP contribution is 2.12. The highest BCUT2D eigenvalue weighted by Gasteiger charge is 2.21. The van der Waals surface area contributed by atoms with Crippen molar-refractivity contribution in [1.82, 2.24) is 0 Å². The van der Waals surface area contributed by atoms with E-state index in [-0.39, 0.29) is 12.2 Å². The Morgan fingerprint density at radius 1 is 1.29 bits per heavy atom. The lowest BCUT2D eigenvalue weighted by atomic mass is 10.1. The Morgan fingerprint density at radius 3 is 2.59 bits per heavy atom. The van der Waals surface area contributed by atoms with Crippen molar-refractivity contribution < 1.29 is 18.7 Å². The Balaban J connectivity index is 2.73. The van der Waals surface area contributed by atoms with Crippen LogP contribution in [0.5, 0.6) is 0 Å². The van der Waals surface area contributed by atoms with Gasteiger partial charge in [0, 0.05) is 13.0 Å². The third kappa shape index (κ3) is 4.15. The maximum Gasteiger partial charge on any atom is 0.335 e. The zero-order chi connectivity index (χ0) is 12.7. The van der Waals surface area contributed by atoms with Crippen LogP contribution in [0.15, 0.2) is 24.3 Å². The number of benzene rings is 1. The van der Waals surface area contributed by atoms with E-state index in [0.29, 0.717) is 18.8 Å². The summed E-state index contributed by atoms with van der Waals surface area (Å²) in [6, 6.07) is 6.34. The molecule has 0 aromatic heterocycles. The lowest BCUT2D eigenvalue weighted by Crippen LogP contribution is -2.29. The fourth-order valence-electron chi connectivity index (χ4n) is 1.51. The summed E-state index contributed by atoms with van der Waals surface area (Å²) in [4.78, 5) is 11.6. The molecule has 0 aliphatic carbocycles. The molecule has 4 heteroatoms. The summed E-state index contributed by atoms with van der Waals surface area (Å²) in [5.74, 6) is -0.779. The predicted octanol–water partition coefficient (Wildman–Crippen LogP) is 2.34. The van der Waals surface area contributed by atoms with Gasteiger partial charge in [-0.05, 0) is 25.5 Å². The molecule has 1 atom stereocenters. The second-order valence-electron chi connectivity index (χ2n) is 3.49. The maximum atomic E-state index is 13.4. The van der Waals surface area contributed by atoms with Gasteiger partial charge < -0.3 is 9.47 Å². The molecule has 17 heavy (non-hydrogen) atoms. The minimum atomic E-state index is -0.739.